The van der Waals surface area contributed by atoms with E-state index in [0.29, 0.717) is 12.0 Å². The molecule has 18 heavy (non-hydrogen) atoms. The first kappa shape index (κ1) is 13.9. The van der Waals surface area contributed by atoms with Gasteiger partial charge in [0.2, 0.25) is 5.91 Å². The molecule has 0 radical (unpaired) electrons. The molecule has 0 spiro atoms. The molecule has 2 saturated carbocycles. The van der Waals surface area contributed by atoms with Gasteiger partial charge in [-0.2, -0.15) is 0 Å². The molecule has 0 saturated heterocycles. The zero-order valence-electron chi connectivity index (χ0n) is 11.7. The molecule has 104 valence electrons. The second-order valence-corrected chi connectivity index (χ2v) is 6.37. The van der Waals surface area contributed by atoms with Crippen molar-refractivity contribution in [3.8, 4) is 0 Å². The molecule has 0 aliphatic heterocycles. The van der Waals surface area contributed by atoms with Gasteiger partial charge in [0.05, 0.1) is 0 Å². The summed E-state index contributed by atoms with van der Waals surface area (Å²) in [6, 6.07) is 0.314. The van der Waals surface area contributed by atoms with Crippen molar-refractivity contribution >= 4 is 5.91 Å². The maximum absolute atomic E-state index is 12.2. The molecule has 3 N–H and O–H groups in total. The van der Waals surface area contributed by atoms with Gasteiger partial charge in [-0.1, -0.05) is 26.2 Å². The van der Waals surface area contributed by atoms with Crippen molar-refractivity contribution in [2.45, 2.75) is 64.3 Å². The second-order valence-electron chi connectivity index (χ2n) is 6.37. The number of hydrogen-bond acceptors (Lipinski definition) is 2. The number of hydrogen-bond donors (Lipinski definition) is 2. The van der Waals surface area contributed by atoms with E-state index >= 15 is 0 Å². The van der Waals surface area contributed by atoms with Gasteiger partial charge < -0.3 is 11.1 Å². The summed E-state index contributed by atoms with van der Waals surface area (Å²) >= 11 is 0. The summed E-state index contributed by atoms with van der Waals surface area (Å²) in [4.78, 5) is 12.2. The van der Waals surface area contributed by atoms with Gasteiger partial charge in [-0.25, -0.2) is 0 Å². The van der Waals surface area contributed by atoms with E-state index in [0.717, 1.165) is 25.3 Å². The van der Waals surface area contributed by atoms with Gasteiger partial charge in [-0.05, 0) is 43.9 Å². The number of nitrogens with two attached hydrogens (primary N) is 1. The van der Waals surface area contributed by atoms with Crippen molar-refractivity contribution in [3.63, 3.8) is 0 Å². The molecule has 2 aliphatic rings. The van der Waals surface area contributed by atoms with E-state index in [-0.39, 0.29) is 11.8 Å². The fourth-order valence-corrected chi connectivity index (χ4v) is 3.56. The highest BCUT2D eigenvalue weighted by molar-refractivity contribution is 5.78. The summed E-state index contributed by atoms with van der Waals surface area (Å²) in [7, 11) is 0. The van der Waals surface area contributed by atoms with Crippen LogP contribution in [0.4, 0.5) is 0 Å². The van der Waals surface area contributed by atoms with Crippen LogP contribution in [0.3, 0.4) is 0 Å². The minimum atomic E-state index is 0.137. The standard InChI is InChI=1S/C15H28N2O/c1-11(13-7-4-8-14(16)9-13)15(18)17-10-12-5-2-3-6-12/h11-14H,2-10,16H2,1H3,(H,17,18). The van der Waals surface area contributed by atoms with E-state index in [1.165, 1.54) is 38.5 Å². The summed E-state index contributed by atoms with van der Waals surface area (Å²) in [6.07, 6.45) is 9.79. The number of nitrogens with one attached hydrogen (secondary N) is 1. The molecule has 0 aromatic rings. The molecular formula is C15H28N2O. The Morgan fingerprint density at radius 2 is 1.94 bits per heavy atom. The number of rotatable bonds is 4. The maximum atomic E-state index is 12.2. The van der Waals surface area contributed by atoms with Crippen LogP contribution in [-0.4, -0.2) is 18.5 Å². The smallest absolute Gasteiger partial charge is 0.223 e. The molecule has 3 nitrogen and oxygen atoms in total. The van der Waals surface area contributed by atoms with Crippen LogP contribution in [-0.2, 0) is 4.79 Å². The van der Waals surface area contributed by atoms with Gasteiger partial charge in [-0.15, -0.1) is 0 Å². The van der Waals surface area contributed by atoms with Crippen molar-refractivity contribution < 1.29 is 4.79 Å². The molecule has 3 atom stereocenters. The average Bonchev–Trinajstić information content (AvgIpc) is 2.88. The van der Waals surface area contributed by atoms with Crippen LogP contribution >= 0.6 is 0 Å². The summed E-state index contributed by atoms with van der Waals surface area (Å²) in [5, 5.41) is 3.16. The second kappa shape index (κ2) is 6.55. The molecule has 3 heteroatoms. The molecular weight excluding hydrogens is 224 g/mol. The Morgan fingerprint density at radius 1 is 1.22 bits per heavy atom. The van der Waals surface area contributed by atoms with Crippen LogP contribution in [0.5, 0.6) is 0 Å². The Kier molecular flexibility index (Phi) is 5.04. The first-order chi connectivity index (χ1) is 8.66. The first-order valence-corrected chi connectivity index (χ1v) is 7.70. The van der Waals surface area contributed by atoms with E-state index in [1.54, 1.807) is 0 Å². The number of carbonyl (C=O) groups is 1. The van der Waals surface area contributed by atoms with E-state index in [4.69, 9.17) is 5.73 Å². The van der Waals surface area contributed by atoms with E-state index in [1.807, 2.05) is 0 Å². The van der Waals surface area contributed by atoms with Crippen LogP contribution in [0.1, 0.15) is 58.3 Å². The van der Waals surface area contributed by atoms with Gasteiger partial charge in [0.25, 0.3) is 0 Å². The van der Waals surface area contributed by atoms with E-state index in [9.17, 15) is 4.79 Å². The fourth-order valence-electron chi connectivity index (χ4n) is 3.56. The number of amides is 1. The lowest BCUT2D eigenvalue weighted by molar-refractivity contribution is -0.126. The molecule has 2 fully saturated rings. The van der Waals surface area contributed by atoms with Gasteiger partial charge in [0.1, 0.15) is 0 Å². The normalized spacial score (nSPS) is 31.2. The van der Waals surface area contributed by atoms with Crippen LogP contribution in [0.15, 0.2) is 0 Å². The highest BCUT2D eigenvalue weighted by Gasteiger charge is 2.28. The molecule has 1 amide bonds. The molecule has 0 aromatic carbocycles. The summed E-state index contributed by atoms with van der Waals surface area (Å²) in [5.74, 6) is 1.62. The SMILES string of the molecule is CC(C(=O)NCC1CCCC1)C1CCCC(N)C1. The first-order valence-electron chi connectivity index (χ1n) is 7.70. The van der Waals surface area contributed by atoms with E-state index in [2.05, 4.69) is 12.2 Å². The van der Waals surface area contributed by atoms with Gasteiger partial charge in [0.15, 0.2) is 0 Å². The zero-order chi connectivity index (χ0) is 13.0. The zero-order valence-corrected chi connectivity index (χ0v) is 11.7. The molecule has 3 unspecified atom stereocenters. The van der Waals surface area contributed by atoms with Crippen molar-refractivity contribution in [1.82, 2.24) is 5.32 Å². The van der Waals surface area contributed by atoms with E-state index < -0.39 is 0 Å². The van der Waals surface area contributed by atoms with Crippen LogP contribution in [0, 0.1) is 17.8 Å². The third kappa shape index (κ3) is 3.71. The Morgan fingerprint density at radius 3 is 2.61 bits per heavy atom. The Bertz CT molecular complexity index is 274. The highest BCUT2D eigenvalue weighted by atomic mass is 16.1. The third-order valence-corrected chi connectivity index (χ3v) is 4.92. The topological polar surface area (TPSA) is 55.1 Å². The van der Waals surface area contributed by atoms with Crippen molar-refractivity contribution in [1.29, 1.82) is 0 Å². The predicted molar refractivity (Wildman–Crippen MR) is 74.1 cm³/mol. The predicted octanol–water partition coefficient (Wildman–Crippen LogP) is 2.45. The molecule has 0 heterocycles. The van der Waals surface area contributed by atoms with Crippen LogP contribution in [0.2, 0.25) is 0 Å². The lowest BCUT2D eigenvalue weighted by atomic mass is 9.78. The van der Waals surface area contributed by atoms with Gasteiger partial charge in [-0.3, -0.25) is 4.79 Å². The number of carbonyl (C=O) groups excluding carboxylic acids is 1. The van der Waals surface area contributed by atoms with Gasteiger partial charge in [0, 0.05) is 18.5 Å². The van der Waals surface area contributed by atoms with Crippen molar-refractivity contribution in [3.05, 3.63) is 0 Å². The largest absolute Gasteiger partial charge is 0.356 e. The fraction of sp³-hybridized carbons (Fsp3) is 0.933. The van der Waals surface area contributed by atoms with Crippen molar-refractivity contribution in [2.75, 3.05) is 6.54 Å². The molecule has 0 bridgehead atoms. The Hall–Kier alpha value is -0.570. The lowest BCUT2D eigenvalue weighted by Crippen LogP contribution is -2.39. The van der Waals surface area contributed by atoms with Crippen LogP contribution < -0.4 is 11.1 Å². The monoisotopic (exact) mass is 252 g/mol. The third-order valence-electron chi connectivity index (χ3n) is 4.92. The van der Waals surface area contributed by atoms with Gasteiger partial charge >= 0.3 is 0 Å². The average molecular weight is 252 g/mol. The summed E-state index contributed by atoms with van der Waals surface area (Å²) in [5.41, 5.74) is 6.00. The molecule has 2 rings (SSSR count). The maximum Gasteiger partial charge on any atom is 0.223 e. The summed E-state index contributed by atoms with van der Waals surface area (Å²) < 4.78 is 0. The molecule has 0 aromatic heterocycles. The van der Waals surface area contributed by atoms with Crippen LogP contribution in [0.25, 0.3) is 0 Å². The quantitative estimate of drug-likeness (QED) is 0.807. The molecule has 2 aliphatic carbocycles. The lowest BCUT2D eigenvalue weighted by Gasteiger charge is -2.30. The Labute approximate surface area is 111 Å². The minimum absolute atomic E-state index is 0.137. The Balaban J connectivity index is 1.73. The highest BCUT2D eigenvalue weighted by Crippen LogP contribution is 2.30. The minimum Gasteiger partial charge on any atom is -0.356 e. The van der Waals surface area contributed by atoms with Crippen molar-refractivity contribution in [2.24, 2.45) is 23.5 Å². The summed E-state index contributed by atoms with van der Waals surface area (Å²) in [6.45, 7) is 2.97.